The number of aromatic carboxylic acids is 1. The van der Waals surface area contributed by atoms with Gasteiger partial charge in [-0.05, 0) is 51.8 Å². The molecular formula is C14H10Br2O3. The fraction of sp³-hybridized carbons (Fsp3) is 0.0714. The number of carboxylic acid groups (broad SMARTS) is 1. The molecule has 2 aromatic carbocycles. The summed E-state index contributed by atoms with van der Waals surface area (Å²) >= 11 is 6.73. The Morgan fingerprint density at radius 1 is 1.16 bits per heavy atom. The quantitative estimate of drug-likeness (QED) is 0.843. The Morgan fingerprint density at radius 2 is 1.95 bits per heavy atom. The lowest BCUT2D eigenvalue weighted by atomic mass is 10.2. The molecule has 19 heavy (non-hydrogen) atoms. The molecule has 0 spiro atoms. The van der Waals surface area contributed by atoms with Gasteiger partial charge in [-0.25, -0.2) is 4.79 Å². The first-order valence-electron chi connectivity index (χ1n) is 5.46. The average molecular weight is 386 g/mol. The second kappa shape index (κ2) is 6.21. The zero-order valence-electron chi connectivity index (χ0n) is 9.77. The summed E-state index contributed by atoms with van der Waals surface area (Å²) in [5.41, 5.74) is 1.20. The van der Waals surface area contributed by atoms with E-state index in [0.717, 1.165) is 14.5 Å². The first-order valence-corrected chi connectivity index (χ1v) is 7.05. The molecule has 3 nitrogen and oxygen atoms in total. The number of hydrogen-bond donors (Lipinski definition) is 1. The minimum atomic E-state index is -0.972. The number of hydrogen-bond acceptors (Lipinski definition) is 2. The Kier molecular flexibility index (Phi) is 4.61. The molecule has 98 valence electrons. The Hall–Kier alpha value is -1.33. The first-order chi connectivity index (χ1) is 9.06. The van der Waals surface area contributed by atoms with Crippen LogP contribution in [0.1, 0.15) is 15.9 Å². The number of ether oxygens (including phenoxy) is 1. The Labute approximate surface area is 127 Å². The smallest absolute Gasteiger partial charge is 0.335 e. The lowest BCUT2D eigenvalue weighted by Gasteiger charge is -2.09. The molecule has 5 heteroatoms. The van der Waals surface area contributed by atoms with Gasteiger partial charge >= 0.3 is 5.97 Å². The van der Waals surface area contributed by atoms with Crippen molar-refractivity contribution in [3.63, 3.8) is 0 Å². The molecule has 0 aliphatic carbocycles. The van der Waals surface area contributed by atoms with E-state index in [-0.39, 0.29) is 5.56 Å². The molecule has 0 heterocycles. The molecule has 0 atom stereocenters. The van der Waals surface area contributed by atoms with E-state index in [0.29, 0.717) is 12.4 Å². The highest BCUT2D eigenvalue weighted by Crippen LogP contribution is 2.27. The van der Waals surface area contributed by atoms with Crippen molar-refractivity contribution in [1.82, 2.24) is 0 Å². The second-order valence-corrected chi connectivity index (χ2v) is 5.64. The van der Waals surface area contributed by atoms with E-state index in [4.69, 9.17) is 9.84 Å². The van der Waals surface area contributed by atoms with Crippen LogP contribution in [-0.4, -0.2) is 11.1 Å². The monoisotopic (exact) mass is 384 g/mol. The fourth-order valence-electron chi connectivity index (χ4n) is 1.53. The van der Waals surface area contributed by atoms with Crippen molar-refractivity contribution in [2.24, 2.45) is 0 Å². The van der Waals surface area contributed by atoms with Crippen molar-refractivity contribution in [2.75, 3.05) is 0 Å². The van der Waals surface area contributed by atoms with Gasteiger partial charge in [-0.3, -0.25) is 0 Å². The highest BCUT2D eigenvalue weighted by Gasteiger charge is 2.08. The lowest BCUT2D eigenvalue weighted by Crippen LogP contribution is -2.00. The Balaban J connectivity index is 2.15. The molecule has 0 radical (unpaired) electrons. The van der Waals surface area contributed by atoms with Gasteiger partial charge in [-0.15, -0.1) is 0 Å². The third-order valence-electron chi connectivity index (χ3n) is 2.46. The average Bonchev–Trinajstić information content (AvgIpc) is 2.37. The van der Waals surface area contributed by atoms with E-state index in [2.05, 4.69) is 31.9 Å². The highest BCUT2D eigenvalue weighted by molar-refractivity contribution is 9.10. The molecule has 0 aromatic heterocycles. The standard InChI is InChI=1S/C14H10Br2O3/c15-11-3-1-2-9(6-11)8-19-13-7-10(14(17)18)4-5-12(13)16/h1-7H,8H2,(H,17,18). The number of rotatable bonds is 4. The third-order valence-corrected chi connectivity index (χ3v) is 3.61. The normalized spacial score (nSPS) is 10.2. The SMILES string of the molecule is O=C(O)c1ccc(Br)c(OCc2cccc(Br)c2)c1. The van der Waals surface area contributed by atoms with E-state index >= 15 is 0 Å². The molecule has 0 aliphatic rings. The van der Waals surface area contributed by atoms with Gasteiger partial charge in [0.1, 0.15) is 12.4 Å². The van der Waals surface area contributed by atoms with Crippen molar-refractivity contribution < 1.29 is 14.6 Å². The van der Waals surface area contributed by atoms with Crippen LogP contribution >= 0.6 is 31.9 Å². The molecule has 0 saturated heterocycles. The van der Waals surface area contributed by atoms with Crippen LogP contribution in [-0.2, 0) is 6.61 Å². The summed E-state index contributed by atoms with van der Waals surface area (Å²) in [4.78, 5) is 10.9. The predicted octanol–water partition coefficient (Wildman–Crippen LogP) is 4.49. The molecule has 0 aliphatic heterocycles. The Morgan fingerprint density at radius 3 is 2.63 bits per heavy atom. The predicted molar refractivity (Wildman–Crippen MR) is 79.6 cm³/mol. The van der Waals surface area contributed by atoms with Gasteiger partial charge in [0.05, 0.1) is 10.0 Å². The summed E-state index contributed by atoms with van der Waals surface area (Å²) in [7, 11) is 0. The van der Waals surface area contributed by atoms with Crippen LogP contribution < -0.4 is 4.74 Å². The molecule has 0 amide bonds. The largest absolute Gasteiger partial charge is 0.488 e. The molecule has 1 N–H and O–H groups in total. The number of carbonyl (C=O) groups is 1. The number of benzene rings is 2. The van der Waals surface area contributed by atoms with Crippen LogP contribution in [0.15, 0.2) is 51.4 Å². The van der Waals surface area contributed by atoms with Gasteiger partial charge in [-0.2, -0.15) is 0 Å². The second-order valence-electron chi connectivity index (χ2n) is 3.87. The molecule has 2 aromatic rings. The van der Waals surface area contributed by atoms with Gasteiger partial charge in [0.15, 0.2) is 0 Å². The topological polar surface area (TPSA) is 46.5 Å². The van der Waals surface area contributed by atoms with E-state index < -0.39 is 5.97 Å². The van der Waals surface area contributed by atoms with Crippen LogP contribution in [0.4, 0.5) is 0 Å². The van der Waals surface area contributed by atoms with E-state index in [9.17, 15) is 4.79 Å². The van der Waals surface area contributed by atoms with E-state index in [1.54, 1.807) is 6.07 Å². The van der Waals surface area contributed by atoms with Crippen molar-refractivity contribution in [3.8, 4) is 5.75 Å². The zero-order chi connectivity index (χ0) is 13.8. The first kappa shape index (κ1) is 14.1. The molecule has 0 unspecified atom stereocenters. The third kappa shape index (κ3) is 3.81. The lowest BCUT2D eigenvalue weighted by molar-refractivity contribution is 0.0696. The van der Waals surface area contributed by atoms with Crippen LogP contribution in [0.5, 0.6) is 5.75 Å². The minimum Gasteiger partial charge on any atom is -0.488 e. The molecule has 0 saturated carbocycles. The zero-order valence-corrected chi connectivity index (χ0v) is 12.9. The van der Waals surface area contributed by atoms with Crippen LogP contribution in [0.3, 0.4) is 0 Å². The molecule has 2 rings (SSSR count). The maximum Gasteiger partial charge on any atom is 0.335 e. The van der Waals surface area contributed by atoms with Gasteiger partial charge in [0.25, 0.3) is 0 Å². The van der Waals surface area contributed by atoms with E-state index in [1.165, 1.54) is 12.1 Å². The van der Waals surface area contributed by atoms with Crippen LogP contribution in [0.25, 0.3) is 0 Å². The summed E-state index contributed by atoms with van der Waals surface area (Å²) in [5.74, 6) is -0.459. The van der Waals surface area contributed by atoms with Gasteiger partial charge < -0.3 is 9.84 Å². The fourth-order valence-corrected chi connectivity index (χ4v) is 2.34. The van der Waals surface area contributed by atoms with Gasteiger partial charge in [-0.1, -0.05) is 28.1 Å². The van der Waals surface area contributed by atoms with Crippen molar-refractivity contribution >= 4 is 37.8 Å². The summed E-state index contributed by atoms with van der Waals surface area (Å²) in [6, 6.07) is 12.5. The summed E-state index contributed by atoms with van der Waals surface area (Å²) in [6.45, 7) is 0.376. The minimum absolute atomic E-state index is 0.201. The van der Waals surface area contributed by atoms with Gasteiger partial charge in [0.2, 0.25) is 0 Å². The maximum absolute atomic E-state index is 10.9. The summed E-state index contributed by atoms with van der Waals surface area (Å²) < 4.78 is 7.35. The van der Waals surface area contributed by atoms with Crippen molar-refractivity contribution in [1.29, 1.82) is 0 Å². The molecule has 0 bridgehead atoms. The number of carboxylic acids is 1. The van der Waals surface area contributed by atoms with Crippen LogP contribution in [0.2, 0.25) is 0 Å². The van der Waals surface area contributed by atoms with Crippen molar-refractivity contribution in [2.45, 2.75) is 6.61 Å². The maximum atomic E-state index is 10.9. The highest BCUT2D eigenvalue weighted by atomic mass is 79.9. The summed E-state index contributed by atoms with van der Waals surface area (Å²) in [6.07, 6.45) is 0. The van der Waals surface area contributed by atoms with Crippen LogP contribution in [0, 0.1) is 0 Å². The number of halogens is 2. The molecular weight excluding hydrogens is 376 g/mol. The Bertz CT molecular complexity index is 611. The molecule has 0 fully saturated rings. The summed E-state index contributed by atoms with van der Waals surface area (Å²) in [5, 5.41) is 8.94. The van der Waals surface area contributed by atoms with Crippen molar-refractivity contribution in [3.05, 3.63) is 62.5 Å². The van der Waals surface area contributed by atoms with E-state index in [1.807, 2.05) is 24.3 Å². The van der Waals surface area contributed by atoms with Gasteiger partial charge in [0, 0.05) is 4.47 Å².